The molecule has 0 unspecified atom stereocenters. The Labute approximate surface area is 56.6 Å². The first-order chi connectivity index (χ1) is 4.66. The van der Waals surface area contributed by atoms with Crippen molar-refractivity contribution in [2.24, 2.45) is 12.2 Å². The fourth-order valence-corrected chi connectivity index (χ4v) is 0.782. The van der Waals surface area contributed by atoms with Crippen LogP contribution in [0.5, 0.6) is 0 Å². The first kappa shape index (κ1) is 6.73. The van der Waals surface area contributed by atoms with Gasteiger partial charge in [0.25, 0.3) is 5.56 Å². The molecule has 0 aliphatic carbocycles. The Kier molecular flexibility index (Phi) is 1.41. The van der Waals surface area contributed by atoms with Gasteiger partial charge in [-0.05, 0) is 12.1 Å². The average molecular weight is 141 g/mol. The summed E-state index contributed by atoms with van der Waals surface area (Å²) in [6.45, 7) is 1.62. The molecule has 0 saturated carbocycles. The van der Waals surface area contributed by atoms with Crippen LogP contribution in [-0.2, 0) is 7.05 Å². The number of nitrogens with zero attached hydrogens (tertiary/aromatic N) is 2. The van der Waals surface area contributed by atoms with E-state index in [0.717, 1.165) is 0 Å². The van der Waals surface area contributed by atoms with Crippen molar-refractivity contribution in [3.8, 4) is 0 Å². The van der Waals surface area contributed by atoms with Crippen molar-refractivity contribution in [3.05, 3.63) is 21.0 Å². The lowest BCUT2D eigenvalue weighted by atomic mass is 10.4. The Morgan fingerprint density at radius 2 is 2.20 bits per heavy atom. The molecule has 10 heavy (non-hydrogen) atoms. The molecule has 1 rings (SSSR count). The Balaban J connectivity index is 3.48. The van der Waals surface area contributed by atoms with Gasteiger partial charge in [0.2, 0.25) is 0 Å². The molecular weight excluding hydrogens is 134 g/mol. The summed E-state index contributed by atoms with van der Waals surface area (Å²) in [5.41, 5.74) is 0.0810. The smallest absolute Gasteiger partial charge is 0.296 e. The van der Waals surface area contributed by atoms with Crippen LogP contribution < -0.4 is 5.56 Å². The number of aromatic nitrogens is 2. The third kappa shape index (κ3) is 0.754. The van der Waals surface area contributed by atoms with E-state index in [9.17, 15) is 9.70 Å². The Hall–Kier alpha value is -1.39. The van der Waals surface area contributed by atoms with Gasteiger partial charge in [0.15, 0.2) is 5.69 Å². The summed E-state index contributed by atoms with van der Waals surface area (Å²) in [6.07, 6.45) is 0. The summed E-state index contributed by atoms with van der Waals surface area (Å²) in [6, 6.07) is 0. The minimum atomic E-state index is -0.382. The van der Waals surface area contributed by atoms with Crippen LogP contribution in [0.25, 0.3) is 0 Å². The molecule has 1 aromatic heterocycles. The molecule has 0 aromatic carbocycles. The van der Waals surface area contributed by atoms with E-state index in [1.807, 2.05) is 0 Å². The van der Waals surface area contributed by atoms with E-state index in [-0.39, 0.29) is 11.2 Å². The van der Waals surface area contributed by atoms with Crippen LogP contribution in [0, 0.1) is 11.8 Å². The monoisotopic (exact) mass is 141 g/mol. The third-order valence-corrected chi connectivity index (χ3v) is 1.29. The predicted molar refractivity (Wildman–Crippen MR) is 36.2 cm³/mol. The molecule has 1 heterocycles. The zero-order valence-corrected chi connectivity index (χ0v) is 5.71. The molecule has 1 aromatic rings. The highest BCUT2D eigenvalue weighted by Crippen LogP contribution is 2.07. The summed E-state index contributed by atoms with van der Waals surface area (Å²) < 4.78 is 1.21. The molecule has 0 aliphatic rings. The minimum absolute atomic E-state index is 0.0394. The lowest BCUT2D eigenvalue weighted by molar-refractivity contribution is 0.731. The maximum Gasteiger partial charge on any atom is 0.296 e. The molecule has 0 atom stereocenters. The number of aromatic amines is 1. The number of aryl methyl sites for hydroxylation is 2. The fraction of sp³-hybridized carbons (Fsp3) is 0.400. The van der Waals surface area contributed by atoms with Crippen molar-refractivity contribution in [2.45, 2.75) is 6.92 Å². The van der Waals surface area contributed by atoms with Gasteiger partial charge in [0.05, 0.1) is 5.69 Å². The van der Waals surface area contributed by atoms with Gasteiger partial charge in [-0.3, -0.25) is 14.6 Å². The van der Waals surface area contributed by atoms with Crippen LogP contribution >= 0.6 is 0 Å². The summed E-state index contributed by atoms with van der Waals surface area (Å²) in [5, 5.41) is 5.21. The Morgan fingerprint density at radius 1 is 1.60 bits per heavy atom. The van der Waals surface area contributed by atoms with E-state index in [1.165, 1.54) is 11.7 Å². The average Bonchev–Trinajstić information content (AvgIpc) is 2.09. The van der Waals surface area contributed by atoms with E-state index in [1.54, 1.807) is 6.92 Å². The van der Waals surface area contributed by atoms with Gasteiger partial charge in [-0.25, -0.2) is 0 Å². The second-order valence-electron chi connectivity index (χ2n) is 2.04. The summed E-state index contributed by atoms with van der Waals surface area (Å²) in [7, 11) is 1.53. The first-order valence-corrected chi connectivity index (χ1v) is 2.75. The molecule has 1 N–H and O–H groups in total. The highest BCUT2D eigenvalue weighted by molar-refractivity contribution is 5.38. The minimum Gasteiger partial charge on any atom is -0.298 e. The Bertz CT molecular complexity index is 309. The van der Waals surface area contributed by atoms with Crippen LogP contribution in [0.3, 0.4) is 0 Å². The van der Waals surface area contributed by atoms with E-state index in [0.29, 0.717) is 5.69 Å². The number of nitrogens with one attached hydrogen (secondary N) is 1. The largest absolute Gasteiger partial charge is 0.298 e. The highest BCUT2D eigenvalue weighted by atomic mass is 16.3. The number of hydrogen-bond acceptors (Lipinski definition) is 3. The van der Waals surface area contributed by atoms with Crippen LogP contribution in [0.15, 0.2) is 9.97 Å². The van der Waals surface area contributed by atoms with E-state index in [2.05, 4.69) is 10.3 Å². The van der Waals surface area contributed by atoms with Gasteiger partial charge >= 0.3 is 0 Å². The molecule has 0 saturated heterocycles. The number of nitroso groups, excluding NO2 is 1. The molecule has 0 amide bonds. The van der Waals surface area contributed by atoms with Crippen LogP contribution in [-0.4, -0.2) is 9.78 Å². The van der Waals surface area contributed by atoms with Crippen molar-refractivity contribution in [1.29, 1.82) is 0 Å². The molecule has 54 valence electrons. The molecule has 0 fully saturated rings. The molecule has 0 aliphatic heterocycles. The number of H-pyrrole nitrogens is 1. The van der Waals surface area contributed by atoms with Gasteiger partial charge in [0.1, 0.15) is 0 Å². The van der Waals surface area contributed by atoms with Gasteiger partial charge in [-0.1, -0.05) is 0 Å². The molecule has 0 bridgehead atoms. The SMILES string of the molecule is Cc1[nH]n(C)c(=O)c1N=O. The fourth-order valence-electron chi connectivity index (χ4n) is 0.782. The number of hydrogen-bond donors (Lipinski definition) is 1. The standard InChI is InChI=1S/C5H7N3O2/c1-3-4(7-10)5(9)8(2)6-3/h6H,1-2H3. The van der Waals surface area contributed by atoms with Crippen LogP contribution in [0.4, 0.5) is 5.69 Å². The lowest BCUT2D eigenvalue weighted by Gasteiger charge is -1.82. The predicted octanol–water partition coefficient (Wildman–Crippen LogP) is 0.420. The van der Waals surface area contributed by atoms with Gasteiger partial charge in [-0.2, -0.15) is 0 Å². The van der Waals surface area contributed by atoms with Crippen molar-refractivity contribution < 1.29 is 0 Å². The zero-order valence-electron chi connectivity index (χ0n) is 5.71. The number of rotatable bonds is 1. The Morgan fingerprint density at radius 3 is 2.40 bits per heavy atom. The summed E-state index contributed by atoms with van der Waals surface area (Å²) in [5.74, 6) is 0. The van der Waals surface area contributed by atoms with Crippen LogP contribution in [0.1, 0.15) is 5.69 Å². The van der Waals surface area contributed by atoms with E-state index in [4.69, 9.17) is 0 Å². The molecule has 5 nitrogen and oxygen atoms in total. The summed E-state index contributed by atoms with van der Waals surface area (Å²) in [4.78, 5) is 20.8. The first-order valence-electron chi connectivity index (χ1n) is 2.75. The van der Waals surface area contributed by atoms with E-state index < -0.39 is 0 Å². The van der Waals surface area contributed by atoms with Gasteiger partial charge < -0.3 is 0 Å². The quantitative estimate of drug-likeness (QED) is 0.576. The molecular formula is C5H7N3O2. The van der Waals surface area contributed by atoms with Crippen molar-refractivity contribution in [3.63, 3.8) is 0 Å². The van der Waals surface area contributed by atoms with Crippen molar-refractivity contribution >= 4 is 5.69 Å². The maximum absolute atomic E-state index is 10.9. The highest BCUT2D eigenvalue weighted by Gasteiger charge is 2.07. The maximum atomic E-state index is 10.9. The lowest BCUT2D eigenvalue weighted by Crippen LogP contribution is -2.10. The van der Waals surface area contributed by atoms with Crippen LogP contribution in [0.2, 0.25) is 0 Å². The second kappa shape index (κ2) is 2.09. The molecule has 5 heteroatoms. The normalized spacial score (nSPS) is 9.80. The van der Waals surface area contributed by atoms with E-state index >= 15 is 0 Å². The molecule has 0 spiro atoms. The molecule has 0 radical (unpaired) electrons. The van der Waals surface area contributed by atoms with Gasteiger partial charge in [-0.15, -0.1) is 4.91 Å². The third-order valence-electron chi connectivity index (χ3n) is 1.29. The summed E-state index contributed by atoms with van der Waals surface area (Å²) >= 11 is 0. The zero-order chi connectivity index (χ0) is 7.72. The van der Waals surface area contributed by atoms with Crippen molar-refractivity contribution in [1.82, 2.24) is 9.78 Å². The van der Waals surface area contributed by atoms with Gasteiger partial charge in [0, 0.05) is 7.05 Å². The van der Waals surface area contributed by atoms with Crippen molar-refractivity contribution in [2.75, 3.05) is 0 Å². The second-order valence-corrected chi connectivity index (χ2v) is 2.04. The topological polar surface area (TPSA) is 67.2 Å².